The van der Waals surface area contributed by atoms with Crippen molar-refractivity contribution in [2.45, 2.75) is 95.9 Å². The van der Waals surface area contributed by atoms with E-state index in [1.165, 1.54) is 19.3 Å². The molecule has 22 heavy (non-hydrogen) atoms. The predicted octanol–water partition coefficient (Wildman–Crippen LogP) is 4.07. The van der Waals surface area contributed by atoms with E-state index in [9.17, 15) is 9.90 Å². The number of carboxylic acids is 1. The van der Waals surface area contributed by atoms with Crippen molar-refractivity contribution in [3.63, 3.8) is 0 Å². The molecule has 1 heterocycles. The Morgan fingerprint density at radius 3 is 2.59 bits per heavy atom. The summed E-state index contributed by atoms with van der Waals surface area (Å²) in [5.41, 5.74) is 0. The van der Waals surface area contributed by atoms with Gasteiger partial charge in [0.25, 0.3) is 0 Å². The van der Waals surface area contributed by atoms with Crippen LogP contribution in [0.3, 0.4) is 0 Å². The summed E-state index contributed by atoms with van der Waals surface area (Å²) in [4.78, 5) is 10.4. The first-order valence-corrected chi connectivity index (χ1v) is 8.87. The van der Waals surface area contributed by atoms with Gasteiger partial charge in [-0.1, -0.05) is 57.6 Å². The molecule has 0 aromatic carbocycles. The average molecular weight is 312 g/mol. The minimum absolute atomic E-state index is 0.0177. The number of rotatable bonds is 14. The third kappa shape index (κ3) is 9.21. The van der Waals surface area contributed by atoms with Crippen LogP contribution in [0.1, 0.15) is 77.6 Å². The Bertz CT molecular complexity index is 327. The lowest BCUT2D eigenvalue weighted by Gasteiger charge is -2.01. The van der Waals surface area contributed by atoms with Gasteiger partial charge in [0.2, 0.25) is 0 Å². The van der Waals surface area contributed by atoms with Crippen molar-refractivity contribution in [2.75, 3.05) is 0 Å². The first-order chi connectivity index (χ1) is 10.6. The smallest absolute Gasteiger partial charge is 0.303 e. The number of hydrogen-bond acceptors (Lipinski definition) is 3. The fourth-order valence-electron chi connectivity index (χ4n) is 2.70. The number of allylic oxidation sites excluding steroid dienone is 1. The topological polar surface area (TPSA) is 70.1 Å². The summed E-state index contributed by atoms with van der Waals surface area (Å²) in [5.74, 6) is -0.702. The van der Waals surface area contributed by atoms with Gasteiger partial charge in [0, 0.05) is 6.42 Å². The lowest BCUT2D eigenvalue weighted by atomic mass is 10.1. The number of unbranched alkanes of at least 4 members (excludes halogenated alkanes) is 7. The van der Waals surface area contributed by atoms with E-state index in [-0.39, 0.29) is 18.6 Å². The molecule has 0 aromatic rings. The van der Waals surface area contributed by atoms with Crippen molar-refractivity contribution in [3.8, 4) is 0 Å². The maximum absolute atomic E-state index is 10.4. The van der Waals surface area contributed by atoms with E-state index in [1.54, 1.807) is 0 Å². The van der Waals surface area contributed by atoms with Crippen LogP contribution in [-0.2, 0) is 9.53 Å². The van der Waals surface area contributed by atoms with Gasteiger partial charge in [-0.3, -0.25) is 4.79 Å². The molecule has 0 saturated carbocycles. The first-order valence-electron chi connectivity index (χ1n) is 8.87. The lowest BCUT2D eigenvalue weighted by Crippen LogP contribution is -2.13. The van der Waals surface area contributed by atoms with Crippen LogP contribution in [0, 0.1) is 0 Å². The Labute approximate surface area is 134 Å². The number of carbonyl (C=O) groups is 1. The Balaban J connectivity index is 1.92. The van der Waals surface area contributed by atoms with E-state index < -0.39 is 12.1 Å². The molecule has 4 heteroatoms. The van der Waals surface area contributed by atoms with Crippen molar-refractivity contribution in [3.05, 3.63) is 12.2 Å². The third-order valence-corrected chi connectivity index (χ3v) is 4.15. The molecule has 0 unspecified atom stereocenters. The fraction of sp³-hybridized carbons (Fsp3) is 0.833. The van der Waals surface area contributed by atoms with Gasteiger partial charge in [-0.05, 0) is 25.7 Å². The Morgan fingerprint density at radius 1 is 1.14 bits per heavy atom. The Hall–Kier alpha value is -0.870. The predicted molar refractivity (Wildman–Crippen MR) is 87.9 cm³/mol. The summed E-state index contributed by atoms with van der Waals surface area (Å²) in [6.07, 6.45) is 14.8. The summed E-state index contributed by atoms with van der Waals surface area (Å²) in [6.45, 7) is 2.19. The zero-order valence-electron chi connectivity index (χ0n) is 13.9. The molecular weight excluding hydrogens is 280 g/mol. The molecule has 128 valence electrons. The van der Waals surface area contributed by atoms with Crippen LogP contribution in [0.15, 0.2) is 12.2 Å². The molecule has 1 fully saturated rings. The number of epoxide rings is 1. The molecule has 1 saturated heterocycles. The number of aliphatic carboxylic acids is 1. The average Bonchev–Trinajstić information content (AvgIpc) is 3.25. The van der Waals surface area contributed by atoms with Crippen LogP contribution >= 0.6 is 0 Å². The summed E-state index contributed by atoms with van der Waals surface area (Å²) in [7, 11) is 0. The van der Waals surface area contributed by atoms with E-state index in [2.05, 4.69) is 6.92 Å². The molecule has 1 aliphatic rings. The molecular formula is C18H32O4. The molecule has 2 N–H and O–H groups in total. The van der Waals surface area contributed by atoms with Gasteiger partial charge in [-0.2, -0.15) is 0 Å². The van der Waals surface area contributed by atoms with Crippen molar-refractivity contribution in [1.29, 1.82) is 0 Å². The van der Waals surface area contributed by atoms with Gasteiger partial charge in [0.1, 0.15) is 12.2 Å². The van der Waals surface area contributed by atoms with Crippen molar-refractivity contribution < 1.29 is 19.7 Å². The number of aliphatic hydroxyl groups is 1. The second-order valence-corrected chi connectivity index (χ2v) is 6.25. The zero-order chi connectivity index (χ0) is 16.2. The monoisotopic (exact) mass is 312 g/mol. The quantitative estimate of drug-likeness (QED) is 0.288. The van der Waals surface area contributed by atoms with Gasteiger partial charge in [0.15, 0.2) is 0 Å². The van der Waals surface area contributed by atoms with E-state index >= 15 is 0 Å². The Kier molecular flexibility index (Phi) is 10.2. The van der Waals surface area contributed by atoms with E-state index in [4.69, 9.17) is 9.84 Å². The van der Waals surface area contributed by atoms with Gasteiger partial charge in [0.05, 0.1) is 6.10 Å². The highest BCUT2D eigenvalue weighted by molar-refractivity contribution is 5.66. The lowest BCUT2D eigenvalue weighted by molar-refractivity contribution is -0.137. The normalized spacial score (nSPS) is 22.1. The molecule has 0 bridgehead atoms. The van der Waals surface area contributed by atoms with Gasteiger partial charge in [-0.25, -0.2) is 0 Å². The number of hydrogen-bond donors (Lipinski definition) is 2. The maximum Gasteiger partial charge on any atom is 0.303 e. The second kappa shape index (κ2) is 11.7. The van der Waals surface area contributed by atoms with Crippen LogP contribution in [0.4, 0.5) is 0 Å². The van der Waals surface area contributed by atoms with Crippen LogP contribution in [0.5, 0.6) is 0 Å². The highest BCUT2D eigenvalue weighted by atomic mass is 16.6. The fourth-order valence-corrected chi connectivity index (χ4v) is 2.70. The number of ether oxygens (including phenoxy) is 1. The van der Waals surface area contributed by atoms with Crippen LogP contribution in [-0.4, -0.2) is 34.5 Å². The molecule has 0 aromatic heterocycles. The minimum Gasteiger partial charge on any atom is -0.481 e. The maximum atomic E-state index is 10.4. The van der Waals surface area contributed by atoms with Gasteiger partial charge >= 0.3 is 5.97 Å². The van der Waals surface area contributed by atoms with Gasteiger partial charge in [-0.15, -0.1) is 0 Å². The molecule has 3 atom stereocenters. The standard InChI is InChI=1S/C18H32O4/c1-2-3-9-13-16-18(22-16)15(19)12-10-7-5-4-6-8-11-14-17(20)21/h10,12,15-16,18-19H,2-9,11,13-14H2,1H3,(H,20,21)/b12-10-/t15-,16+,18+/m1/s1. The number of aliphatic hydroxyl groups excluding tert-OH is 1. The van der Waals surface area contributed by atoms with Crippen molar-refractivity contribution >= 4 is 5.97 Å². The second-order valence-electron chi connectivity index (χ2n) is 6.25. The minimum atomic E-state index is -0.702. The third-order valence-electron chi connectivity index (χ3n) is 4.15. The highest BCUT2D eigenvalue weighted by Crippen LogP contribution is 2.30. The van der Waals surface area contributed by atoms with E-state index in [0.717, 1.165) is 44.9 Å². The molecule has 0 spiro atoms. The summed E-state index contributed by atoms with van der Waals surface area (Å²) >= 11 is 0. The van der Waals surface area contributed by atoms with Crippen LogP contribution < -0.4 is 0 Å². The molecule has 0 radical (unpaired) electrons. The SMILES string of the molecule is CCCCC[C@@H]1O[C@H]1[C@H](O)/C=C\CCCCCCCC(=O)O. The summed E-state index contributed by atoms with van der Waals surface area (Å²) in [5, 5.41) is 18.5. The van der Waals surface area contributed by atoms with Crippen LogP contribution in [0.25, 0.3) is 0 Å². The molecule has 0 amide bonds. The highest BCUT2D eigenvalue weighted by Gasteiger charge is 2.42. The van der Waals surface area contributed by atoms with E-state index in [1.807, 2.05) is 12.2 Å². The van der Waals surface area contributed by atoms with Crippen molar-refractivity contribution in [2.24, 2.45) is 0 Å². The zero-order valence-corrected chi connectivity index (χ0v) is 13.9. The Morgan fingerprint density at radius 2 is 1.86 bits per heavy atom. The van der Waals surface area contributed by atoms with E-state index in [0.29, 0.717) is 0 Å². The summed E-state index contributed by atoms with van der Waals surface area (Å²) < 4.78 is 5.52. The first kappa shape index (κ1) is 19.2. The van der Waals surface area contributed by atoms with Gasteiger partial charge < -0.3 is 14.9 Å². The molecule has 4 nitrogen and oxygen atoms in total. The molecule has 0 aliphatic carbocycles. The molecule has 1 rings (SSSR count). The summed E-state index contributed by atoms with van der Waals surface area (Å²) in [6, 6.07) is 0. The van der Waals surface area contributed by atoms with Crippen molar-refractivity contribution in [1.82, 2.24) is 0 Å². The van der Waals surface area contributed by atoms with Crippen LogP contribution in [0.2, 0.25) is 0 Å². The largest absolute Gasteiger partial charge is 0.481 e. The number of carboxylic acid groups (broad SMARTS) is 1. The molecule has 1 aliphatic heterocycles.